The molecule has 2 aromatic carbocycles. The molecule has 3 nitrogen and oxygen atoms in total. The van der Waals surface area contributed by atoms with E-state index in [4.69, 9.17) is 22.1 Å². The minimum atomic E-state index is -0.478. The molecule has 0 saturated carbocycles. The monoisotopic (exact) mass is 373 g/mol. The van der Waals surface area contributed by atoms with E-state index in [0.29, 0.717) is 22.0 Å². The lowest BCUT2D eigenvalue weighted by atomic mass is 10.2. The molecule has 5 heteroatoms. The first-order valence-corrected chi connectivity index (χ1v) is 6.55. The van der Waals surface area contributed by atoms with Crippen LogP contribution in [0.2, 0.25) is 5.02 Å². The number of benzene rings is 2. The number of rotatable bonds is 2. The number of nitrogen functional groups attached to an aromatic ring is 1. The zero-order chi connectivity index (χ0) is 13.1. The lowest BCUT2D eigenvalue weighted by Gasteiger charge is -2.07. The van der Waals surface area contributed by atoms with E-state index in [1.807, 2.05) is 6.07 Å². The highest BCUT2D eigenvalue weighted by Gasteiger charge is 2.12. The van der Waals surface area contributed by atoms with Crippen molar-refractivity contribution in [3.63, 3.8) is 0 Å². The quantitative estimate of drug-likeness (QED) is 0.377. The minimum absolute atomic E-state index is 0.358. The van der Waals surface area contributed by atoms with Crippen molar-refractivity contribution in [3.8, 4) is 5.75 Å². The molecule has 92 valence electrons. The number of carbonyl (C=O) groups excluding carboxylic acids is 1. The normalized spacial score (nSPS) is 10.1. The van der Waals surface area contributed by atoms with Gasteiger partial charge in [0.05, 0.1) is 5.56 Å². The van der Waals surface area contributed by atoms with E-state index < -0.39 is 5.97 Å². The molecular weight excluding hydrogens is 365 g/mol. The SMILES string of the molecule is Nc1ccc(I)cc1C(=O)Oc1ccc(Cl)cc1. The molecule has 0 unspecified atom stereocenters. The van der Waals surface area contributed by atoms with E-state index in [1.165, 1.54) is 0 Å². The highest BCUT2D eigenvalue weighted by Crippen LogP contribution is 2.20. The fourth-order valence-electron chi connectivity index (χ4n) is 1.37. The maximum atomic E-state index is 11.9. The van der Waals surface area contributed by atoms with Gasteiger partial charge >= 0.3 is 5.97 Å². The van der Waals surface area contributed by atoms with Crippen molar-refractivity contribution in [2.24, 2.45) is 0 Å². The van der Waals surface area contributed by atoms with Gasteiger partial charge in [0.15, 0.2) is 0 Å². The molecule has 2 N–H and O–H groups in total. The second-order valence-corrected chi connectivity index (χ2v) is 5.26. The van der Waals surface area contributed by atoms with Gasteiger partial charge in [-0.05, 0) is 65.1 Å². The minimum Gasteiger partial charge on any atom is -0.423 e. The first-order chi connectivity index (χ1) is 8.56. The molecular formula is C13H9ClINO2. The van der Waals surface area contributed by atoms with Crippen LogP contribution in [0.4, 0.5) is 5.69 Å². The van der Waals surface area contributed by atoms with Crippen LogP contribution in [0.25, 0.3) is 0 Å². The summed E-state index contributed by atoms with van der Waals surface area (Å²) in [6.07, 6.45) is 0. The smallest absolute Gasteiger partial charge is 0.345 e. The van der Waals surface area contributed by atoms with Crippen LogP contribution in [0.5, 0.6) is 5.75 Å². The van der Waals surface area contributed by atoms with Crippen LogP contribution in [0, 0.1) is 3.57 Å². The third kappa shape index (κ3) is 3.14. The van der Waals surface area contributed by atoms with Crippen LogP contribution in [0.1, 0.15) is 10.4 Å². The Kier molecular flexibility index (Phi) is 4.08. The third-order valence-electron chi connectivity index (χ3n) is 2.26. The van der Waals surface area contributed by atoms with E-state index in [9.17, 15) is 4.79 Å². The second-order valence-electron chi connectivity index (χ2n) is 3.58. The molecule has 0 radical (unpaired) electrons. The Bertz CT molecular complexity index is 584. The Morgan fingerprint density at radius 1 is 1.17 bits per heavy atom. The van der Waals surface area contributed by atoms with Crippen molar-refractivity contribution in [2.75, 3.05) is 5.73 Å². The van der Waals surface area contributed by atoms with Crippen LogP contribution < -0.4 is 10.5 Å². The van der Waals surface area contributed by atoms with Gasteiger partial charge in [0.25, 0.3) is 0 Å². The number of hydrogen-bond donors (Lipinski definition) is 1. The van der Waals surface area contributed by atoms with Gasteiger partial charge in [-0.15, -0.1) is 0 Å². The number of ether oxygens (including phenoxy) is 1. The molecule has 0 spiro atoms. The highest BCUT2D eigenvalue weighted by atomic mass is 127. The Hall–Kier alpha value is -1.27. The van der Waals surface area contributed by atoms with Crippen molar-refractivity contribution >= 4 is 45.8 Å². The van der Waals surface area contributed by atoms with Crippen molar-refractivity contribution < 1.29 is 9.53 Å². The zero-order valence-corrected chi connectivity index (χ0v) is 12.1. The van der Waals surface area contributed by atoms with Gasteiger partial charge in [-0.1, -0.05) is 11.6 Å². The highest BCUT2D eigenvalue weighted by molar-refractivity contribution is 14.1. The molecule has 18 heavy (non-hydrogen) atoms. The third-order valence-corrected chi connectivity index (χ3v) is 3.18. The van der Waals surface area contributed by atoms with Crippen molar-refractivity contribution in [2.45, 2.75) is 0 Å². The van der Waals surface area contributed by atoms with Gasteiger partial charge in [-0.3, -0.25) is 0 Å². The van der Waals surface area contributed by atoms with Gasteiger partial charge in [-0.25, -0.2) is 4.79 Å². The average Bonchev–Trinajstić information content (AvgIpc) is 2.35. The summed E-state index contributed by atoms with van der Waals surface area (Å²) in [7, 11) is 0. The first kappa shape index (κ1) is 13.2. The maximum Gasteiger partial charge on any atom is 0.345 e. The van der Waals surface area contributed by atoms with Crippen LogP contribution in [0.3, 0.4) is 0 Å². The number of anilines is 1. The van der Waals surface area contributed by atoms with Gasteiger partial charge in [0, 0.05) is 14.3 Å². The predicted octanol–water partition coefficient (Wildman–Crippen LogP) is 3.75. The summed E-state index contributed by atoms with van der Waals surface area (Å²) in [5.74, 6) is -0.0454. The van der Waals surface area contributed by atoms with E-state index in [-0.39, 0.29) is 0 Å². The Morgan fingerprint density at radius 2 is 1.83 bits per heavy atom. The molecule has 0 amide bonds. The average molecular weight is 374 g/mol. The molecule has 0 fully saturated rings. The molecule has 2 aromatic rings. The second kappa shape index (κ2) is 5.58. The number of hydrogen-bond acceptors (Lipinski definition) is 3. The standard InChI is InChI=1S/C13H9ClINO2/c14-8-1-4-10(5-2-8)18-13(17)11-7-9(15)3-6-12(11)16/h1-7H,16H2. The largest absolute Gasteiger partial charge is 0.423 e. The lowest BCUT2D eigenvalue weighted by molar-refractivity contribution is 0.0736. The summed E-state index contributed by atoms with van der Waals surface area (Å²) in [5, 5.41) is 0.587. The number of carbonyl (C=O) groups is 1. The molecule has 0 aromatic heterocycles. The molecule has 0 atom stereocenters. The molecule has 0 saturated heterocycles. The number of esters is 1. The van der Waals surface area contributed by atoms with Gasteiger partial charge in [-0.2, -0.15) is 0 Å². The van der Waals surface area contributed by atoms with Gasteiger partial charge in [0.1, 0.15) is 5.75 Å². The molecule has 0 bridgehead atoms. The van der Waals surface area contributed by atoms with E-state index in [2.05, 4.69) is 22.6 Å². The van der Waals surface area contributed by atoms with Gasteiger partial charge in [0.2, 0.25) is 0 Å². The maximum absolute atomic E-state index is 11.9. The molecule has 0 heterocycles. The van der Waals surface area contributed by atoms with Gasteiger partial charge < -0.3 is 10.5 Å². The molecule has 0 aliphatic heterocycles. The van der Waals surface area contributed by atoms with E-state index in [0.717, 1.165) is 3.57 Å². The van der Waals surface area contributed by atoms with Crippen LogP contribution >= 0.6 is 34.2 Å². The Morgan fingerprint density at radius 3 is 2.50 bits per heavy atom. The molecule has 0 aliphatic carbocycles. The number of halogens is 2. The lowest BCUT2D eigenvalue weighted by Crippen LogP contribution is -2.11. The summed E-state index contributed by atoms with van der Waals surface area (Å²) < 4.78 is 6.13. The fourth-order valence-corrected chi connectivity index (χ4v) is 1.99. The van der Waals surface area contributed by atoms with Crippen molar-refractivity contribution in [1.82, 2.24) is 0 Å². The molecule has 2 rings (SSSR count). The zero-order valence-electron chi connectivity index (χ0n) is 9.19. The summed E-state index contributed by atoms with van der Waals surface area (Å²) >= 11 is 7.86. The Balaban J connectivity index is 2.21. The summed E-state index contributed by atoms with van der Waals surface area (Å²) in [6.45, 7) is 0. The van der Waals surface area contributed by atoms with Crippen LogP contribution in [-0.4, -0.2) is 5.97 Å². The van der Waals surface area contributed by atoms with E-state index >= 15 is 0 Å². The van der Waals surface area contributed by atoms with Crippen LogP contribution in [0.15, 0.2) is 42.5 Å². The predicted molar refractivity (Wildman–Crippen MR) is 80.0 cm³/mol. The summed E-state index contributed by atoms with van der Waals surface area (Å²) in [4.78, 5) is 11.9. The topological polar surface area (TPSA) is 52.3 Å². The molecule has 0 aliphatic rings. The number of nitrogens with two attached hydrogens (primary N) is 1. The van der Waals surface area contributed by atoms with Crippen molar-refractivity contribution in [3.05, 3.63) is 56.6 Å². The summed E-state index contributed by atoms with van der Waals surface area (Å²) in [6, 6.07) is 11.8. The van der Waals surface area contributed by atoms with Crippen molar-refractivity contribution in [1.29, 1.82) is 0 Å². The van der Waals surface area contributed by atoms with Crippen LogP contribution in [-0.2, 0) is 0 Å². The Labute approximate surface area is 123 Å². The fraction of sp³-hybridized carbons (Fsp3) is 0. The summed E-state index contributed by atoms with van der Waals surface area (Å²) in [5.41, 5.74) is 6.50. The first-order valence-electron chi connectivity index (χ1n) is 5.09. The van der Waals surface area contributed by atoms with E-state index in [1.54, 1.807) is 36.4 Å².